The minimum Gasteiger partial charge on any atom is -0.302 e. The summed E-state index contributed by atoms with van der Waals surface area (Å²) < 4.78 is 0.931. The number of rotatable bonds is 8. The summed E-state index contributed by atoms with van der Waals surface area (Å²) in [6, 6.07) is 11.6. The molecule has 3 aromatic rings. The smallest absolute Gasteiger partial charge is 0.261 e. The summed E-state index contributed by atoms with van der Waals surface area (Å²) in [5, 5.41) is 1.37. The predicted molar refractivity (Wildman–Crippen MR) is 127 cm³/mol. The van der Waals surface area contributed by atoms with Crippen molar-refractivity contribution in [2.45, 2.75) is 25.7 Å². The van der Waals surface area contributed by atoms with Gasteiger partial charge in [0.05, 0.1) is 20.8 Å². The van der Waals surface area contributed by atoms with Crippen molar-refractivity contribution in [1.29, 1.82) is 0 Å². The van der Waals surface area contributed by atoms with Crippen LogP contribution in [-0.4, -0.2) is 48.2 Å². The second kappa shape index (κ2) is 9.94. The molecule has 0 aliphatic carbocycles. The van der Waals surface area contributed by atoms with Crippen LogP contribution in [0.15, 0.2) is 41.3 Å². The molecule has 0 aliphatic heterocycles. The molecule has 1 aromatic heterocycles. The van der Waals surface area contributed by atoms with Gasteiger partial charge in [0.15, 0.2) is 5.13 Å². The zero-order valence-electron chi connectivity index (χ0n) is 17.2. The number of likely N-dealkylation sites (N-methyl/N-ethyl adjacent to an activating group) is 1. The fourth-order valence-corrected chi connectivity index (χ4v) is 5.17. The van der Waals surface area contributed by atoms with Crippen LogP contribution in [0.5, 0.6) is 0 Å². The average molecular weight is 448 g/mol. The molecule has 154 valence electrons. The molecule has 7 heteroatoms. The van der Waals surface area contributed by atoms with Gasteiger partial charge in [-0.3, -0.25) is 9.69 Å². The Hall–Kier alpha value is -1.60. The van der Waals surface area contributed by atoms with Crippen molar-refractivity contribution >= 4 is 56.0 Å². The summed E-state index contributed by atoms with van der Waals surface area (Å²) in [7, 11) is 0. The fraction of sp³-hybridized carbons (Fsp3) is 0.364. The molecule has 1 amide bonds. The minimum absolute atomic E-state index is 0.0186. The molecule has 0 saturated carbocycles. The van der Waals surface area contributed by atoms with Crippen molar-refractivity contribution in [3.8, 4) is 0 Å². The van der Waals surface area contributed by atoms with Crippen molar-refractivity contribution in [3.05, 3.63) is 52.5 Å². The molecule has 0 bridgehead atoms. The number of aromatic nitrogens is 1. The van der Waals surface area contributed by atoms with Gasteiger partial charge >= 0.3 is 0 Å². The standard InChI is InChI=1S/C22H26ClN3OS2/c1-5-25(6-2)13-14-26(21(27)16-9-7-8-10-18(16)28-4)22-24-19-15(3)11-12-17(23)20(19)29-22/h7-12H,5-6,13-14H2,1-4H3. The van der Waals surface area contributed by atoms with Crippen LogP contribution in [0.25, 0.3) is 10.2 Å². The maximum Gasteiger partial charge on any atom is 0.261 e. The molecule has 0 aliphatic rings. The SMILES string of the molecule is CCN(CC)CCN(C(=O)c1ccccc1SC)c1nc2c(C)ccc(Cl)c2s1. The molecule has 0 radical (unpaired) electrons. The van der Waals surface area contributed by atoms with Crippen molar-refractivity contribution in [3.63, 3.8) is 0 Å². The highest BCUT2D eigenvalue weighted by atomic mass is 35.5. The molecule has 0 fully saturated rings. The van der Waals surface area contributed by atoms with Gasteiger partial charge in [-0.1, -0.05) is 55.0 Å². The maximum atomic E-state index is 13.6. The summed E-state index contributed by atoms with van der Waals surface area (Å²) in [4.78, 5) is 23.5. The minimum atomic E-state index is -0.0186. The molecule has 2 aromatic carbocycles. The van der Waals surface area contributed by atoms with E-state index in [4.69, 9.17) is 16.6 Å². The Balaban J connectivity index is 2.04. The van der Waals surface area contributed by atoms with E-state index in [0.29, 0.717) is 22.3 Å². The summed E-state index contributed by atoms with van der Waals surface area (Å²) >= 11 is 9.49. The lowest BCUT2D eigenvalue weighted by atomic mass is 10.2. The number of amides is 1. The van der Waals surface area contributed by atoms with Crippen LogP contribution >= 0.6 is 34.7 Å². The number of thiazole rings is 1. The number of nitrogens with zero attached hydrogens (tertiary/aromatic N) is 3. The van der Waals surface area contributed by atoms with Gasteiger partial charge in [0.1, 0.15) is 0 Å². The molecule has 0 unspecified atom stereocenters. The van der Waals surface area contributed by atoms with Crippen LogP contribution in [0.4, 0.5) is 5.13 Å². The maximum absolute atomic E-state index is 13.6. The molecule has 4 nitrogen and oxygen atoms in total. The zero-order valence-corrected chi connectivity index (χ0v) is 19.6. The van der Waals surface area contributed by atoms with Crippen LogP contribution < -0.4 is 4.90 Å². The quantitative estimate of drug-likeness (QED) is 0.398. The number of fused-ring (bicyclic) bond motifs is 1. The van der Waals surface area contributed by atoms with Crippen molar-refractivity contribution < 1.29 is 4.79 Å². The number of hydrogen-bond donors (Lipinski definition) is 0. The molecule has 0 spiro atoms. The fourth-order valence-electron chi connectivity index (χ4n) is 3.24. The molecule has 0 N–H and O–H groups in total. The van der Waals surface area contributed by atoms with Crippen LogP contribution in [0.3, 0.4) is 0 Å². The van der Waals surface area contributed by atoms with Gasteiger partial charge in [0, 0.05) is 18.0 Å². The molecular formula is C22H26ClN3OS2. The second-order valence-electron chi connectivity index (χ2n) is 6.72. The lowest BCUT2D eigenvalue weighted by Gasteiger charge is -2.25. The molecule has 29 heavy (non-hydrogen) atoms. The Morgan fingerprint density at radius 3 is 2.52 bits per heavy atom. The van der Waals surface area contributed by atoms with Crippen molar-refractivity contribution in [2.24, 2.45) is 0 Å². The second-order valence-corrected chi connectivity index (χ2v) is 8.96. The van der Waals surface area contributed by atoms with Gasteiger partial charge in [-0.15, -0.1) is 11.8 Å². The Bertz CT molecular complexity index is 962. The van der Waals surface area contributed by atoms with E-state index in [1.807, 2.05) is 54.5 Å². The topological polar surface area (TPSA) is 36.4 Å². The molecule has 1 heterocycles. The Morgan fingerprint density at radius 2 is 1.86 bits per heavy atom. The first-order chi connectivity index (χ1) is 14.0. The number of anilines is 1. The lowest BCUT2D eigenvalue weighted by Crippen LogP contribution is -2.39. The van der Waals surface area contributed by atoms with Gasteiger partial charge < -0.3 is 4.90 Å². The third kappa shape index (κ3) is 4.77. The number of thioether (sulfide) groups is 1. The van der Waals surface area contributed by atoms with E-state index < -0.39 is 0 Å². The largest absolute Gasteiger partial charge is 0.302 e. The number of halogens is 1. The third-order valence-corrected chi connectivity index (χ3v) is 7.37. The highest BCUT2D eigenvalue weighted by Gasteiger charge is 2.24. The van der Waals surface area contributed by atoms with Crippen molar-refractivity contribution in [1.82, 2.24) is 9.88 Å². The number of carbonyl (C=O) groups excluding carboxylic acids is 1. The average Bonchev–Trinajstić information content (AvgIpc) is 3.20. The van der Waals surface area contributed by atoms with E-state index in [1.165, 1.54) is 11.3 Å². The Kier molecular flexibility index (Phi) is 7.57. The van der Waals surface area contributed by atoms with Gasteiger partial charge in [0.2, 0.25) is 0 Å². The van der Waals surface area contributed by atoms with E-state index in [2.05, 4.69) is 18.7 Å². The van der Waals surface area contributed by atoms with E-state index in [1.54, 1.807) is 11.8 Å². The monoisotopic (exact) mass is 447 g/mol. The van der Waals surface area contributed by atoms with Crippen molar-refractivity contribution in [2.75, 3.05) is 37.3 Å². The molecule has 0 atom stereocenters. The van der Waals surface area contributed by atoms with E-state index in [0.717, 1.165) is 40.3 Å². The highest BCUT2D eigenvalue weighted by Crippen LogP contribution is 2.36. The van der Waals surface area contributed by atoms with E-state index in [-0.39, 0.29) is 5.91 Å². The number of carbonyl (C=O) groups is 1. The van der Waals surface area contributed by atoms with Gasteiger partial charge in [0.25, 0.3) is 5.91 Å². The first-order valence-electron chi connectivity index (χ1n) is 9.73. The third-order valence-electron chi connectivity index (χ3n) is 5.03. The highest BCUT2D eigenvalue weighted by molar-refractivity contribution is 7.98. The van der Waals surface area contributed by atoms with Crippen LogP contribution in [-0.2, 0) is 0 Å². The van der Waals surface area contributed by atoms with E-state index in [9.17, 15) is 4.79 Å². The van der Waals surface area contributed by atoms with Gasteiger partial charge in [-0.2, -0.15) is 0 Å². The molecular weight excluding hydrogens is 422 g/mol. The molecule has 0 saturated heterocycles. The first-order valence-corrected chi connectivity index (χ1v) is 12.1. The summed E-state index contributed by atoms with van der Waals surface area (Å²) in [5.74, 6) is -0.0186. The zero-order chi connectivity index (χ0) is 21.0. The van der Waals surface area contributed by atoms with E-state index >= 15 is 0 Å². The predicted octanol–water partition coefficient (Wildman–Crippen LogP) is 5.97. The first kappa shape index (κ1) is 22.1. The van der Waals surface area contributed by atoms with Crippen LogP contribution in [0.2, 0.25) is 5.02 Å². The van der Waals surface area contributed by atoms with Crippen LogP contribution in [0.1, 0.15) is 29.8 Å². The van der Waals surface area contributed by atoms with Gasteiger partial charge in [-0.25, -0.2) is 4.98 Å². The number of aryl methyl sites for hydroxylation is 1. The number of benzene rings is 2. The Morgan fingerprint density at radius 1 is 1.14 bits per heavy atom. The normalized spacial score (nSPS) is 11.4. The summed E-state index contributed by atoms with van der Waals surface area (Å²) in [6.45, 7) is 9.57. The lowest BCUT2D eigenvalue weighted by molar-refractivity contribution is 0.0981. The van der Waals surface area contributed by atoms with Crippen LogP contribution in [0, 0.1) is 6.92 Å². The Labute approximate surface area is 185 Å². The molecule has 3 rings (SSSR count). The summed E-state index contributed by atoms with van der Waals surface area (Å²) in [5.41, 5.74) is 2.64. The summed E-state index contributed by atoms with van der Waals surface area (Å²) in [6.07, 6.45) is 1.99. The number of hydrogen-bond acceptors (Lipinski definition) is 5. The van der Waals surface area contributed by atoms with Gasteiger partial charge in [-0.05, 0) is 50.0 Å².